The standard InChI is InChI=1S/C13H28O8/c1-2-3-4-17-5-6-18-7-8-20-13(16)12(21-11-15)9-19-10-14/h12-16H,2-11H2,1H3. The van der Waals surface area contributed by atoms with Crippen molar-refractivity contribution in [1.82, 2.24) is 0 Å². The van der Waals surface area contributed by atoms with Crippen LogP contribution in [-0.4, -0.2) is 80.9 Å². The molecule has 8 nitrogen and oxygen atoms in total. The first kappa shape index (κ1) is 20.7. The van der Waals surface area contributed by atoms with Gasteiger partial charge in [0.05, 0.1) is 33.0 Å². The van der Waals surface area contributed by atoms with E-state index in [-0.39, 0.29) is 13.2 Å². The Morgan fingerprint density at radius 3 is 2.10 bits per heavy atom. The van der Waals surface area contributed by atoms with E-state index in [0.717, 1.165) is 19.4 Å². The second-order valence-corrected chi connectivity index (χ2v) is 4.17. The highest BCUT2D eigenvalue weighted by molar-refractivity contribution is 4.59. The van der Waals surface area contributed by atoms with E-state index < -0.39 is 26.0 Å². The predicted molar refractivity (Wildman–Crippen MR) is 73.5 cm³/mol. The molecule has 0 radical (unpaired) electrons. The summed E-state index contributed by atoms with van der Waals surface area (Å²) in [4.78, 5) is 0. The molecule has 0 bridgehead atoms. The molecular formula is C13H28O8. The molecule has 0 aliphatic heterocycles. The molecule has 21 heavy (non-hydrogen) atoms. The average Bonchev–Trinajstić information content (AvgIpc) is 2.49. The Labute approximate surface area is 125 Å². The molecular weight excluding hydrogens is 284 g/mol. The normalized spacial score (nSPS) is 14.3. The Morgan fingerprint density at radius 2 is 1.48 bits per heavy atom. The molecule has 0 spiro atoms. The topological polar surface area (TPSA) is 107 Å². The van der Waals surface area contributed by atoms with Crippen molar-refractivity contribution in [2.45, 2.75) is 32.2 Å². The van der Waals surface area contributed by atoms with Crippen LogP contribution in [0, 0.1) is 0 Å². The van der Waals surface area contributed by atoms with Crippen molar-refractivity contribution in [1.29, 1.82) is 0 Å². The molecule has 0 aliphatic carbocycles. The summed E-state index contributed by atoms with van der Waals surface area (Å²) in [6.45, 7) is 3.13. The zero-order valence-corrected chi connectivity index (χ0v) is 12.6. The smallest absolute Gasteiger partial charge is 0.183 e. The van der Waals surface area contributed by atoms with Gasteiger partial charge in [-0.1, -0.05) is 13.3 Å². The van der Waals surface area contributed by atoms with Crippen molar-refractivity contribution in [2.75, 3.05) is 53.2 Å². The number of hydrogen-bond donors (Lipinski definition) is 3. The lowest BCUT2D eigenvalue weighted by molar-refractivity contribution is -0.220. The maximum absolute atomic E-state index is 9.67. The van der Waals surface area contributed by atoms with E-state index in [9.17, 15) is 5.11 Å². The number of ether oxygens (including phenoxy) is 5. The Hall–Kier alpha value is -0.320. The zero-order chi connectivity index (χ0) is 15.8. The average molecular weight is 312 g/mol. The van der Waals surface area contributed by atoms with Gasteiger partial charge in [0.15, 0.2) is 6.29 Å². The minimum atomic E-state index is -1.27. The molecule has 0 aromatic heterocycles. The third-order valence-electron chi connectivity index (χ3n) is 2.51. The SMILES string of the molecule is CCCCOCCOCCOC(O)C(COCO)OCO. The first-order valence-electron chi connectivity index (χ1n) is 7.12. The van der Waals surface area contributed by atoms with Crippen molar-refractivity contribution in [3.05, 3.63) is 0 Å². The van der Waals surface area contributed by atoms with Gasteiger partial charge in [0.25, 0.3) is 0 Å². The minimum Gasteiger partial charge on any atom is -0.379 e. The molecule has 128 valence electrons. The van der Waals surface area contributed by atoms with E-state index in [4.69, 9.17) is 33.9 Å². The lowest BCUT2D eigenvalue weighted by Crippen LogP contribution is -2.36. The van der Waals surface area contributed by atoms with Crippen molar-refractivity contribution in [3.8, 4) is 0 Å². The van der Waals surface area contributed by atoms with Crippen molar-refractivity contribution < 1.29 is 39.0 Å². The molecule has 0 heterocycles. The van der Waals surface area contributed by atoms with Gasteiger partial charge < -0.3 is 39.0 Å². The van der Waals surface area contributed by atoms with Crippen molar-refractivity contribution >= 4 is 0 Å². The van der Waals surface area contributed by atoms with Crippen LogP contribution in [0.25, 0.3) is 0 Å². The summed E-state index contributed by atoms with van der Waals surface area (Å²) in [6.07, 6.45) is -0.00571. The largest absolute Gasteiger partial charge is 0.379 e. The van der Waals surface area contributed by atoms with Gasteiger partial charge in [-0.05, 0) is 6.42 Å². The molecule has 0 rings (SSSR count). The van der Waals surface area contributed by atoms with Crippen LogP contribution in [0.2, 0.25) is 0 Å². The summed E-state index contributed by atoms with van der Waals surface area (Å²) in [5.41, 5.74) is 0. The monoisotopic (exact) mass is 312 g/mol. The van der Waals surface area contributed by atoms with E-state index in [1.165, 1.54) is 0 Å². The maximum Gasteiger partial charge on any atom is 0.183 e. The van der Waals surface area contributed by atoms with Crippen LogP contribution in [0.15, 0.2) is 0 Å². The molecule has 0 saturated carbocycles. The van der Waals surface area contributed by atoms with E-state index in [1.807, 2.05) is 0 Å². The van der Waals surface area contributed by atoms with Crippen LogP contribution >= 0.6 is 0 Å². The second kappa shape index (κ2) is 16.1. The third kappa shape index (κ3) is 13.1. The van der Waals surface area contributed by atoms with Gasteiger partial charge in [-0.3, -0.25) is 0 Å². The first-order chi connectivity index (χ1) is 10.3. The van der Waals surface area contributed by atoms with Crippen molar-refractivity contribution in [2.24, 2.45) is 0 Å². The summed E-state index contributed by atoms with van der Waals surface area (Å²) in [5.74, 6) is 0. The fraction of sp³-hybridized carbons (Fsp3) is 1.00. The molecule has 8 heteroatoms. The number of aliphatic hydroxyl groups is 3. The molecule has 0 aliphatic rings. The summed E-state index contributed by atoms with van der Waals surface area (Å²) in [5, 5.41) is 26.9. The van der Waals surface area contributed by atoms with Crippen LogP contribution in [0.4, 0.5) is 0 Å². The van der Waals surface area contributed by atoms with E-state index >= 15 is 0 Å². The van der Waals surface area contributed by atoms with Gasteiger partial charge in [-0.2, -0.15) is 0 Å². The van der Waals surface area contributed by atoms with Crippen LogP contribution in [0.3, 0.4) is 0 Å². The molecule has 2 atom stereocenters. The predicted octanol–water partition coefficient (Wildman–Crippen LogP) is -0.544. The Bertz CT molecular complexity index is 205. The van der Waals surface area contributed by atoms with Gasteiger partial charge in [-0.25, -0.2) is 0 Å². The van der Waals surface area contributed by atoms with Gasteiger partial charge >= 0.3 is 0 Å². The van der Waals surface area contributed by atoms with Crippen LogP contribution in [-0.2, 0) is 23.7 Å². The zero-order valence-electron chi connectivity index (χ0n) is 12.6. The maximum atomic E-state index is 9.67. The number of hydrogen-bond acceptors (Lipinski definition) is 8. The minimum absolute atomic E-state index is 0.0929. The van der Waals surface area contributed by atoms with Gasteiger partial charge in [0.2, 0.25) is 0 Å². The van der Waals surface area contributed by atoms with Gasteiger partial charge in [-0.15, -0.1) is 0 Å². The summed E-state index contributed by atoms with van der Waals surface area (Å²) in [6, 6.07) is 0. The van der Waals surface area contributed by atoms with Gasteiger partial charge in [0, 0.05) is 6.61 Å². The lowest BCUT2D eigenvalue weighted by atomic mass is 10.3. The first-order valence-corrected chi connectivity index (χ1v) is 7.12. The molecule has 0 saturated heterocycles. The molecule has 3 N–H and O–H groups in total. The number of aliphatic hydroxyl groups excluding tert-OH is 3. The molecule has 0 fully saturated rings. The lowest BCUT2D eigenvalue weighted by Gasteiger charge is -2.22. The van der Waals surface area contributed by atoms with E-state index in [2.05, 4.69) is 6.92 Å². The highest BCUT2D eigenvalue weighted by Gasteiger charge is 2.20. The highest BCUT2D eigenvalue weighted by Crippen LogP contribution is 2.02. The number of rotatable bonds is 16. The van der Waals surface area contributed by atoms with Gasteiger partial charge in [0.1, 0.15) is 19.7 Å². The fourth-order valence-electron chi connectivity index (χ4n) is 1.38. The van der Waals surface area contributed by atoms with Crippen molar-refractivity contribution in [3.63, 3.8) is 0 Å². The third-order valence-corrected chi connectivity index (χ3v) is 2.51. The van der Waals surface area contributed by atoms with E-state index in [0.29, 0.717) is 19.8 Å². The Balaban J connectivity index is 3.50. The molecule has 2 unspecified atom stereocenters. The van der Waals surface area contributed by atoms with Crippen LogP contribution in [0.5, 0.6) is 0 Å². The second-order valence-electron chi connectivity index (χ2n) is 4.17. The number of unbranched alkanes of at least 4 members (excludes halogenated alkanes) is 1. The fourth-order valence-corrected chi connectivity index (χ4v) is 1.38. The molecule has 0 amide bonds. The summed E-state index contributed by atoms with van der Waals surface area (Å²) >= 11 is 0. The molecule has 0 aromatic carbocycles. The highest BCUT2D eigenvalue weighted by atomic mass is 16.7. The molecule has 0 aromatic rings. The Morgan fingerprint density at radius 1 is 0.810 bits per heavy atom. The van der Waals surface area contributed by atoms with Crippen LogP contribution in [0.1, 0.15) is 19.8 Å². The quantitative estimate of drug-likeness (QED) is 0.258. The summed E-state index contributed by atoms with van der Waals surface area (Å²) < 4.78 is 25.2. The van der Waals surface area contributed by atoms with E-state index in [1.54, 1.807) is 0 Å². The summed E-state index contributed by atoms with van der Waals surface area (Å²) in [7, 11) is 0. The Kier molecular flexibility index (Phi) is 15.8. The van der Waals surface area contributed by atoms with Crippen LogP contribution < -0.4 is 0 Å².